The molecule has 0 aromatic rings. The lowest BCUT2D eigenvalue weighted by molar-refractivity contribution is 0.338. The van der Waals surface area contributed by atoms with Crippen molar-refractivity contribution in [2.75, 3.05) is 0 Å². The summed E-state index contributed by atoms with van der Waals surface area (Å²) in [6, 6.07) is 0. The molecule has 0 spiro atoms. The number of rotatable bonds is 4. The molecule has 0 radical (unpaired) electrons. The van der Waals surface area contributed by atoms with Crippen LogP contribution in [0, 0.1) is 16.2 Å². The van der Waals surface area contributed by atoms with Gasteiger partial charge in [-0.25, -0.2) is 0 Å². The van der Waals surface area contributed by atoms with Crippen molar-refractivity contribution >= 4 is 0 Å². The maximum atomic E-state index is 2.30. The van der Waals surface area contributed by atoms with E-state index in [0.717, 1.165) is 0 Å². The van der Waals surface area contributed by atoms with Crippen LogP contribution in [0.2, 0.25) is 0 Å². The maximum Gasteiger partial charge on any atom is -0.0359 e. The average Bonchev–Trinajstić information content (AvgIpc) is 2.59. The van der Waals surface area contributed by atoms with Gasteiger partial charge in [0.15, 0.2) is 0 Å². The van der Waals surface area contributed by atoms with Crippen LogP contribution in [0.5, 0.6) is 0 Å². The van der Waals surface area contributed by atoms with Gasteiger partial charge >= 0.3 is 0 Å². The molecule has 0 N–H and O–H groups in total. The van der Waals surface area contributed by atoms with E-state index in [-0.39, 0.29) is 22.3 Å². The highest BCUT2D eigenvalue weighted by molar-refractivity contribution is 4.62. The summed E-state index contributed by atoms with van der Waals surface area (Å²) >= 11 is 0. The first-order valence-corrected chi connectivity index (χ1v) is 10.8. The maximum absolute atomic E-state index is 2.30. The van der Waals surface area contributed by atoms with Crippen molar-refractivity contribution in [2.45, 2.75) is 165 Å². The van der Waals surface area contributed by atoms with Crippen LogP contribution in [0.25, 0.3) is 0 Å². The molecule has 0 atom stereocenters. The number of hydrogen-bond acceptors (Lipinski definition) is 0. The van der Waals surface area contributed by atoms with Crippen molar-refractivity contribution in [1.82, 2.24) is 0 Å². The van der Waals surface area contributed by atoms with E-state index in [1.807, 2.05) is 27.7 Å². The quantitative estimate of drug-likeness (QED) is 0.444. The second-order valence-electron chi connectivity index (χ2n) is 8.66. The molecule has 0 unspecified atom stereocenters. The highest BCUT2D eigenvalue weighted by Gasteiger charge is 2.10. The van der Waals surface area contributed by atoms with E-state index in [0.29, 0.717) is 16.2 Å². The molecule has 0 aliphatic carbocycles. The monoisotopic (exact) mass is 395 g/mol. The van der Waals surface area contributed by atoms with Crippen LogP contribution >= 0.6 is 0 Å². The van der Waals surface area contributed by atoms with Crippen LogP contribution in [0.3, 0.4) is 0 Å². The van der Waals surface area contributed by atoms with Crippen molar-refractivity contribution in [3.05, 3.63) is 0 Å². The second kappa shape index (κ2) is 30.7. The smallest absolute Gasteiger partial charge is 0.0359 e. The normalized spacial score (nSPS) is 9.33. The van der Waals surface area contributed by atoms with Gasteiger partial charge in [0.1, 0.15) is 0 Å². The zero-order valence-electron chi connectivity index (χ0n) is 21.0. The molecule has 0 aromatic carbocycles. The Morgan fingerprint density at radius 2 is 0.481 bits per heavy atom. The first-order valence-electron chi connectivity index (χ1n) is 10.8. The lowest BCUT2D eigenvalue weighted by atomic mass is 9.88. The fraction of sp³-hybridized carbons (Fsp3) is 1.00. The van der Waals surface area contributed by atoms with Crippen molar-refractivity contribution in [2.24, 2.45) is 16.2 Å². The summed E-state index contributed by atoms with van der Waals surface area (Å²) in [4.78, 5) is 0. The third-order valence-corrected chi connectivity index (χ3v) is 4.89. The molecule has 0 heterocycles. The zero-order valence-corrected chi connectivity index (χ0v) is 21.0. The van der Waals surface area contributed by atoms with E-state index in [2.05, 4.69) is 83.1 Å². The Labute approximate surface area is 181 Å². The molecule has 0 rings (SSSR count). The first kappa shape index (κ1) is 50.6. The molecule has 0 bridgehead atoms. The van der Waals surface area contributed by atoms with Gasteiger partial charge in [0.05, 0.1) is 0 Å². The van der Waals surface area contributed by atoms with Crippen LogP contribution in [-0.4, -0.2) is 0 Å². The van der Waals surface area contributed by atoms with Crippen molar-refractivity contribution in [3.8, 4) is 0 Å². The van der Waals surface area contributed by atoms with E-state index in [1.54, 1.807) is 0 Å². The van der Waals surface area contributed by atoms with Crippen LogP contribution in [0.15, 0.2) is 0 Å². The minimum absolute atomic E-state index is 0. The van der Waals surface area contributed by atoms with E-state index in [1.165, 1.54) is 32.1 Å². The van der Waals surface area contributed by atoms with Gasteiger partial charge in [-0.05, 0) is 16.2 Å². The van der Waals surface area contributed by atoms with Crippen molar-refractivity contribution < 1.29 is 0 Å². The van der Waals surface area contributed by atoms with Crippen LogP contribution in [0.4, 0.5) is 0 Å². The largest absolute Gasteiger partial charge is 0.0776 e. The molecule has 0 amide bonds. The Bertz CT molecular complexity index is 163. The van der Waals surface area contributed by atoms with Gasteiger partial charge in [-0.2, -0.15) is 0 Å². The highest BCUT2D eigenvalue weighted by Crippen LogP contribution is 2.23. The molecule has 0 aliphatic rings. The summed E-state index contributed by atoms with van der Waals surface area (Å²) < 4.78 is 0. The average molecular weight is 395 g/mol. The van der Waals surface area contributed by atoms with Gasteiger partial charge in [-0.3, -0.25) is 0 Å². The van der Waals surface area contributed by atoms with Gasteiger partial charge in [-0.15, -0.1) is 0 Å². The van der Waals surface area contributed by atoms with Crippen LogP contribution < -0.4 is 0 Å². The molecule has 0 saturated carbocycles. The standard InChI is InChI=1S/2C7H16.C6H14.2C2H6.3CH4/c2*1-5-7(3,4)6-2;1-5-6(2,3)4;2*1-2;;;/h2*5-6H2,1-4H3;5H2,1-4H3;2*1-2H3;3*1H4. The third kappa shape index (κ3) is 66.6. The van der Waals surface area contributed by atoms with Crippen molar-refractivity contribution in [1.29, 1.82) is 0 Å². The molecule has 0 fully saturated rings. The molecule has 0 heteroatoms. The summed E-state index contributed by atoms with van der Waals surface area (Å²) in [6.07, 6.45) is 6.45. The molecular formula is C27H70. The summed E-state index contributed by atoms with van der Waals surface area (Å²) in [5, 5.41) is 0. The Morgan fingerprint density at radius 3 is 0.481 bits per heavy atom. The molecule has 178 valence electrons. The Hall–Kier alpha value is 0. The highest BCUT2D eigenvalue weighted by atomic mass is 14.2. The predicted molar refractivity (Wildman–Crippen MR) is 141 cm³/mol. The van der Waals surface area contributed by atoms with Crippen molar-refractivity contribution in [3.63, 3.8) is 0 Å². The Morgan fingerprint density at radius 1 is 0.370 bits per heavy atom. The fourth-order valence-electron chi connectivity index (χ4n) is 0.500. The summed E-state index contributed by atoms with van der Waals surface area (Å²) in [5.41, 5.74) is 1.71. The van der Waals surface area contributed by atoms with Crippen LogP contribution in [0.1, 0.15) is 165 Å². The van der Waals surface area contributed by atoms with E-state index < -0.39 is 0 Å². The Balaban J connectivity index is -0.0000000291. The van der Waals surface area contributed by atoms with Gasteiger partial charge in [0.2, 0.25) is 0 Å². The fourth-order valence-corrected chi connectivity index (χ4v) is 0.500. The van der Waals surface area contributed by atoms with Gasteiger partial charge in [0.25, 0.3) is 0 Å². The molecule has 0 nitrogen and oxygen atoms in total. The summed E-state index contributed by atoms with van der Waals surface area (Å²) in [7, 11) is 0. The van der Waals surface area contributed by atoms with E-state index >= 15 is 0 Å². The van der Waals surface area contributed by atoms with Gasteiger partial charge in [0, 0.05) is 0 Å². The minimum Gasteiger partial charge on any atom is -0.0776 e. The topological polar surface area (TPSA) is 0 Å². The van der Waals surface area contributed by atoms with Crippen LogP contribution in [-0.2, 0) is 0 Å². The lowest BCUT2D eigenvalue weighted by Gasteiger charge is -2.18. The molecule has 0 saturated heterocycles. The first-order chi connectivity index (χ1) is 10.8. The lowest BCUT2D eigenvalue weighted by Crippen LogP contribution is -2.05. The molecule has 0 aromatic heterocycles. The van der Waals surface area contributed by atoms with E-state index in [4.69, 9.17) is 0 Å². The predicted octanol–water partition coefficient (Wildman–Crippen LogP) is 12.1. The Kier molecular flexibility index (Phi) is 57.5. The zero-order chi connectivity index (χ0) is 21.0. The third-order valence-electron chi connectivity index (χ3n) is 4.89. The summed E-state index contributed by atoms with van der Waals surface area (Å²) in [6.45, 7) is 35.1. The summed E-state index contributed by atoms with van der Waals surface area (Å²) in [5.74, 6) is 0. The molecule has 0 aliphatic heterocycles. The minimum atomic E-state index is 0. The molecule has 27 heavy (non-hydrogen) atoms. The van der Waals surface area contributed by atoms with Gasteiger partial charge < -0.3 is 0 Å². The SMILES string of the molecule is C.C.C.CC.CC.CCC(C)(C)C.CCC(C)(C)CC.CCC(C)(C)CC. The second-order valence-corrected chi connectivity index (χ2v) is 8.66. The van der Waals surface area contributed by atoms with E-state index in [9.17, 15) is 0 Å². The number of hydrogen-bond donors (Lipinski definition) is 0. The molecular weight excluding hydrogens is 324 g/mol. The van der Waals surface area contributed by atoms with Gasteiger partial charge in [-0.1, -0.05) is 165 Å².